The molecule has 3 aromatic rings. The molecule has 2 unspecified atom stereocenters. The lowest BCUT2D eigenvalue weighted by atomic mass is 10.1. The van der Waals surface area contributed by atoms with Crippen molar-refractivity contribution in [2.75, 3.05) is 23.5 Å². The zero-order chi connectivity index (χ0) is 24.1. The van der Waals surface area contributed by atoms with Crippen LogP contribution in [0.5, 0.6) is 5.88 Å². The number of anilines is 2. The molecule has 0 spiro atoms. The molecule has 2 aliphatic carbocycles. The summed E-state index contributed by atoms with van der Waals surface area (Å²) in [5.41, 5.74) is 3.13. The predicted octanol–water partition coefficient (Wildman–Crippen LogP) is 3.57. The minimum atomic E-state index is -0.268. The van der Waals surface area contributed by atoms with E-state index in [2.05, 4.69) is 25.9 Å². The normalized spacial score (nSPS) is 24.5. The second-order valence-corrected chi connectivity index (χ2v) is 10.3. The Balaban J connectivity index is 1.06. The number of hydrogen-bond donors (Lipinski definition) is 3. The Bertz CT molecular complexity index is 1340. The number of halogens is 1. The average Bonchev–Trinajstić information content (AvgIpc) is 3.37. The molecule has 3 aliphatic rings. The number of carbonyl (C=O) groups excluding carboxylic acids is 2. The van der Waals surface area contributed by atoms with E-state index in [0.717, 1.165) is 17.7 Å². The number of pyridine rings is 2. The van der Waals surface area contributed by atoms with Gasteiger partial charge < -0.3 is 20.7 Å². The average molecular weight is 494 g/mol. The first-order chi connectivity index (χ1) is 17.0. The monoisotopic (exact) mass is 493 g/mol. The van der Waals surface area contributed by atoms with E-state index >= 15 is 0 Å². The zero-order valence-electron chi connectivity index (χ0n) is 19.0. The largest absolute Gasteiger partial charge is 0.481 e. The summed E-state index contributed by atoms with van der Waals surface area (Å²) in [5.74, 6) is 1.08. The van der Waals surface area contributed by atoms with Gasteiger partial charge in [0.15, 0.2) is 0 Å². The molecule has 8 nitrogen and oxygen atoms in total. The van der Waals surface area contributed by atoms with Crippen LogP contribution in [0.2, 0.25) is 0 Å². The van der Waals surface area contributed by atoms with Gasteiger partial charge >= 0.3 is 0 Å². The van der Waals surface area contributed by atoms with Crippen LogP contribution >= 0.6 is 11.8 Å². The fourth-order valence-electron chi connectivity index (χ4n) is 5.37. The van der Waals surface area contributed by atoms with E-state index in [1.165, 1.54) is 17.8 Å². The summed E-state index contributed by atoms with van der Waals surface area (Å²) >= 11 is 1.35. The number of amides is 2. The smallest absolute Gasteiger partial charge is 0.234 e. The van der Waals surface area contributed by atoms with Crippen molar-refractivity contribution in [3.63, 3.8) is 0 Å². The minimum Gasteiger partial charge on any atom is -0.481 e. The second kappa shape index (κ2) is 8.76. The summed E-state index contributed by atoms with van der Waals surface area (Å²) in [5, 5.41) is 9.29. The van der Waals surface area contributed by atoms with Crippen LogP contribution in [-0.4, -0.2) is 40.7 Å². The Morgan fingerprint density at radius 2 is 2.09 bits per heavy atom. The van der Waals surface area contributed by atoms with Gasteiger partial charge in [0.25, 0.3) is 0 Å². The van der Waals surface area contributed by atoms with E-state index in [9.17, 15) is 14.0 Å². The highest BCUT2D eigenvalue weighted by Gasteiger charge is 2.59. The van der Waals surface area contributed by atoms with Gasteiger partial charge in [0, 0.05) is 41.2 Å². The van der Waals surface area contributed by atoms with Crippen molar-refractivity contribution in [1.29, 1.82) is 0 Å². The summed E-state index contributed by atoms with van der Waals surface area (Å²) in [7, 11) is 1.55. The number of benzene rings is 1. The van der Waals surface area contributed by atoms with Gasteiger partial charge in [0.2, 0.25) is 17.7 Å². The first-order valence-corrected chi connectivity index (χ1v) is 12.6. The zero-order valence-corrected chi connectivity index (χ0v) is 19.8. The molecule has 6 rings (SSSR count). The first kappa shape index (κ1) is 22.2. The summed E-state index contributed by atoms with van der Waals surface area (Å²) in [6.45, 7) is 0.386. The third-order valence-electron chi connectivity index (χ3n) is 7.14. The number of ether oxygens (including phenoxy) is 1. The van der Waals surface area contributed by atoms with Gasteiger partial charge in [0.1, 0.15) is 11.3 Å². The van der Waals surface area contributed by atoms with Crippen LogP contribution in [0.4, 0.5) is 15.8 Å². The van der Waals surface area contributed by atoms with Gasteiger partial charge in [-0.1, -0.05) is 0 Å². The van der Waals surface area contributed by atoms with Gasteiger partial charge in [-0.3, -0.25) is 14.6 Å². The Labute approximate surface area is 205 Å². The molecule has 0 bridgehead atoms. The van der Waals surface area contributed by atoms with Crippen LogP contribution in [-0.2, 0) is 16.1 Å². The standard InChI is InChI=1S/C25H24FN5O3S/c1-34-22-3-2-17-24(31-22)18(4-5-27-17)30-25(33)23-14-7-13(8-15(14)23)28-10-12-6-19-20(9-16(12)26)35-11-21(32)29-19/h2-6,9,13-15,23,28H,7-8,10-11H2,1H3,(H,29,32)(H,27,30,33)/t13?,14-,15+,23?. The summed E-state index contributed by atoms with van der Waals surface area (Å²) in [4.78, 5) is 34.1. The van der Waals surface area contributed by atoms with Gasteiger partial charge in [-0.15, -0.1) is 11.8 Å². The number of hydrogen-bond acceptors (Lipinski definition) is 7. The van der Waals surface area contributed by atoms with Crippen molar-refractivity contribution in [3.8, 4) is 5.88 Å². The SMILES string of the molecule is COc1ccc2nccc(NC(=O)C3[C@H]4CC(NCc5cc6c(cc5F)SCC(=O)N6)C[C@@H]34)c2n1. The molecule has 4 atom stereocenters. The van der Waals surface area contributed by atoms with Crippen LogP contribution < -0.4 is 20.7 Å². The summed E-state index contributed by atoms with van der Waals surface area (Å²) in [6.07, 6.45) is 3.42. The maximum Gasteiger partial charge on any atom is 0.234 e. The van der Waals surface area contributed by atoms with E-state index in [1.807, 2.05) is 6.07 Å². The van der Waals surface area contributed by atoms with E-state index in [0.29, 0.717) is 58.0 Å². The molecule has 1 aliphatic heterocycles. The third-order valence-corrected chi connectivity index (χ3v) is 8.19. The highest BCUT2D eigenvalue weighted by atomic mass is 32.2. The number of carbonyl (C=O) groups is 2. The maximum absolute atomic E-state index is 14.5. The lowest BCUT2D eigenvalue weighted by molar-refractivity contribution is -0.118. The fraction of sp³-hybridized carbons (Fsp3) is 0.360. The van der Waals surface area contributed by atoms with Crippen LogP contribution in [0.25, 0.3) is 11.0 Å². The molecule has 1 aromatic carbocycles. The molecule has 35 heavy (non-hydrogen) atoms. The molecule has 2 amide bonds. The molecule has 2 aromatic heterocycles. The van der Waals surface area contributed by atoms with Crippen molar-refractivity contribution < 1.29 is 18.7 Å². The predicted molar refractivity (Wildman–Crippen MR) is 131 cm³/mol. The van der Waals surface area contributed by atoms with Crippen molar-refractivity contribution in [2.45, 2.75) is 30.3 Å². The fourth-order valence-corrected chi connectivity index (χ4v) is 6.18. The molecule has 0 saturated heterocycles. The summed E-state index contributed by atoms with van der Waals surface area (Å²) < 4.78 is 19.7. The number of fused-ring (bicyclic) bond motifs is 3. The highest BCUT2D eigenvalue weighted by molar-refractivity contribution is 8.00. The Hall–Kier alpha value is -3.24. The van der Waals surface area contributed by atoms with Crippen LogP contribution in [0.1, 0.15) is 18.4 Å². The van der Waals surface area contributed by atoms with Crippen molar-refractivity contribution in [3.05, 3.63) is 47.9 Å². The molecule has 2 saturated carbocycles. The first-order valence-electron chi connectivity index (χ1n) is 11.6. The summed E-state index contributed by atoms with van der Waals surface area (Å²) in [6, 6.07) is 8.76. The van der Waals surface area contributed by atoms with E-state index in [4.69, 9.17) is 4.74 Å². The molecular weight excluding hydrogens is 469 g/mol. The lowest BCUT2D eigenvalue weighted by Gasteiger charge is -2.20. The molecule has 3 N–H and O–H groups in total. The Morgan fingerprint density at radius 1 is 1.26 bits per heavy atom. The van der Waals surface area contributed by atoms with Gasteiger partial charge in [-0.25, -0.2) is 9.37 Å². The number of nitrogens with one attached hydrogen (secondary N) is 3. The van der Waals surface area contributed by atoms with Crippen molar-refractivity contribution in [2.24, 2.45) is 17.8 Å². The molecule has 3 heterocycles. The number of thioether (sulfide) groups is 1. The van der Waals surface area contributed by atoms with Crippen molar-refractivity contribution >= 4 is 46.0 Å². The Morgan fingerprint density at radius 3 is 2.89 bits per heavy atom. The van der Waals surface area contributed by atoms with Gasteiger partial charge in [-0.2, -0.15) is 0 Å². The highest BCUT2D eigenvalue weighted by Crippen LogP contribution is 2.58. The van der Waals surface area contributed by atoms with E-state index < -0.39 is 0 Å². The molecule has 0 radical (unpaired) electrons. The van der Waals surface area contributed by atoms with Crippen LogP contribution in [0.15, 0.2) is 41.4 Å². The van der Waals surface area contributed by atoms with Gasteiger partial charge in [0.05, 0.1) is 29.8 Å². The Kier molecular flexibility index (Phi) is 5.57. The second-order valence-electron chi connectivity index (χ2n) is 9.25. The van der Waals surface area contributed by atoms with Gasteiger partial charge in [-0.05, 0) is 48.9 Å². The van der Waals surface area contributed by atoms with E-state index in [-0.39, 0.29) is 29.6 Å². The number of aromatic nitrogens is 2. The van der Waals surface area contributed by atoms with Crippen molar-refractivity contribution in [1.82, 2.24) is 15.3 Å². The topological polar surface area (TPSA) is 105 Å². The minimum absolute atomic E-state index is 0.00421. The van der Waals surface area contributed by atoms with Crippen LogP contribution in [0, 0.1) is 23.6 Å². The lowest BCUT2D eigenvalue weighted by Crippen LogP contribution is -2.30. The maximum atomic E-state index is 14.5. The molecule has 180 valence electrons. The molecule has 2 fully saturated rings. The number of nitrogens with zero attached hydrogens (tertiary/aromatic N) is 2. The molecule has 10 heteroatoms. The third kappa shape index (κ3) is 4.21. The van der Waals surface area contributed by atoms with E-state index in [1.54, 1.807) is 31.5 Å². The number of rotatable bonds is 6. The quantitative estimate of drug-likeness (QED) is 0.482. The number of methoxy groups -OCH3 is 1. The molecular formula is C25H24FN5O3S. The van der Waals surface area contributed by atoms with Crippen LogP contribution in [0.3, 0.4) is 0 Å².